The first kappa shape index (κ1) is 19.2. The van der Waals surface area contributed by atoms with Crippen molar-refractivity contribution in [3.8, 4) is 0 Å². The van der Waals surface area contributed by atoms with Gasteiger partial charge in [0.25, 0.3) is 0 Å². The van der Waals surface area contributed by atoms with Crippen molar-refractivity contribution in [2.24, 2.45) is 16.7 Å². The average molecular weight is 370 g/mol. The lowest BCUT2D eigenvalue weighted by molar-refractivity contribution is -0.120. The van der Waals surface area contributed by atoms with Crippen LogP contribution in [0, 0.1) is 30.6 Å². The smallest absolute Gasteiger partial charge is 0.231 e. The molecule has 140 valence electrons. The Morgan fingerprint density at radius 3 is 2.19 bits per heavy atom. The Labute approximate surface area is 162 Å². The Hall–Kier alpha value is -1.61. The van der Waals surface area contributed by atoms with Crippen LogP contribution in [0.5, 0.6) is 0 Å². The molecule has 3 rings (SSSR count). The molecule has 0 spiro atoms. The molecule has 1 aliphatic carbocycles. The van der Waals surface area contributed by atoms with Gasteiger partial charge in [0.15, 0.2) is 0 Å². The molecule has 0 atom stereocenters. The molecule has 0 saturated heterocycles. The SMILES string of the molecule is Cc1cc(N(CCCc2ccccc2)C(=O)C2C(C)(C)C2(C)C)sc1C. The summed E-state index contributed by atoms with van der Waals surface area (Å²) in [6, 6.07) is 12.7. The molecule has 1 aliphatic rings. The molecule has 0 N–H and O–H groups in total. The minimum Gasteiger partial charge on any atom is -0.304 e. The van der Waals surface area contributed by atoms with Gasteiger partial charge in [0, 0.05) is 17.3 Å². The van der Waals surface area contributed by atoms with Crippen molar-refractivity contribution in [2.75, 3.05) is 11.4 Å². The zero-order valence-corrected chi connectivity index (χ0v) is 17.7. The fourth-order valence-electron chi connectivity index (χ4n) is 4.07. The van der Waals surface area contributed by atoms with E-state index in [1.165, 1.54) is 16.0 Å². The number of nitrogens with zero attached hydrogens (tertiary/aromatic N) is 1. The Morgan fingerprint density at radius 2 is 1.69 bits per heavy atom. The van der Waals surface area contributed by atoms with Gasteiger partial charge >= 0.3 is 0 Å². The Balaban J connectivity index is 1.77. The Bertz CT molecular complexity index is 754. The summed E-state index contributed by atoms with van der Waals surface area (Å²) in [6.45, 7) is 14.0. The third kappa shape index (κ3) is 3.34. The molecule has 3 heteroatoms. The minimum atomic E-state index is 0.0725. The van der Waals surface area contributed by atoms with E-state index in [2.05, 4.69) is 76.8 Å². The number of anilines is 1. The molecule has 1 heterocycles. The second-order valence-corrected chi connectivity index (χ2v) is 10.0. The summed E-state index contributed by atoms with van der Waals surface area (Å²) in [5.74, 6) is 0.406. The molecular weight excluding hydrogens is 338 g/mol. The van der Waals surface area contributed by atoms with Crippen LogP contribution in [0.1, 0.15) is 50.1 Å². The molecule has 0 bridgehead atoms. The number of hydrogen-bond donors (Lipinski definition) is 0. The molecule has 1 saturated carbocycles. The maximum absolute atomic E-state index is 13.4. The van der Waals surface area contributed by atoms with Gasteiger partial charge < -0.3 is 4.90 Å². The first-order chi connectivity index (χ1) is 12.2. The minimum absolute atomic E-state index is 0.0725. The first-order valence-electron chi connectivity index (χ1n) is 9.58. The topological polar surface area (TPSA) is 20.3 Å². The number of carbonyl (C=O) groups is 1. The highest BCUT2D eigenvalue weighted by molar-refractivity contribution is 7.16. The molecular formula is C23H31NOS. The van der Waals surface area contributed by atoms with E-state index in [1.54, 1.807) is 11.3 Å². The van der Waals surface area contributed by atoms with Crippen LogP contribution in [0.2, 0.25) is 0 Å². The van der Waals surface area contributed by atoms with Crippen LogP contribution in [-0.4, -0.2) is 12.5 Å². The van der Waals surface area contributed by atoms with Gasteiger partial charge in [0.1, 0.15) is 0 Å². The van der Waals surface area contributed by atoms with Crippen LogP contribution in [0.4, 0.5) is 5.00 Å². The van der Waals surface area contributed by atoms with Crippen LogP contribution < -0.4 is 4.90 Å². The monoisotopic (exact) mass is 369 g/mol. The number of rotatable bonds is 6. The third-order valence-corrected chi connectivity index (χ3v) is 7.82. The van der Waals surface area contributed by atoms with E-state index in [4.69, 9.17) is 0 Å². The number of hydrogen-bond acceptors (Lipinski definition) is 2. The van der Waals surface area contributed by atoms with Gasteiger partial charge in [0.2, 0.25) is 5.91 Å². The summed E-state index contributed by atoms with van der Waals surface area (Å²) in [7, 11) is 0. The highest BCUT2D eigenvalue weighted by atomic mass is 32.1. The summed E-state index contributed by atoms with van der Waals surface area (Å²) < 4.78 is 0. The van der Waals surface area contributed by atoms with E-state index in [0.717, 1.165) is 24.4 Å². The van der Waals surface area contributed by atoms with E-state index >= 15 is 0 Å². The largest absolute Gasteiger partial charge is 0.304 e. The molecule has 1 aromatic heterocycles. The van der Waals surface area contributed by atoms with Crippen LogP contribution in [-0.2, 0) is 11.2 Å². The zero-order valence-electron chi connectivity index (χ0n) is 16.9. The van der Waals surface area contributed by atoms with Gasteiger partial charge in [-0.05, 0) is 54.7 Å². The quantitative estimate of drug-likeness (QED) is 0.610. The van der Waals surface area contributed by atoms with E-state index in [0.29, 0.717) is 5.91 Å². The van der Waals surface area contributed by atoms with E-state index < -0.39 is 0 Å². The molecule has 0 aliphatic heterocycles. The molecule has 2 nitrogen and oxygen atoms in total. The van der Waals surface area contributed by atoms with Gasteiger partial charge in [-0.3, -0.25) is 4.79 Å². The lowest BCUT2D eigenvalue weighted by atomic mass is 10.0. The molecule has 1 fully saturated rings. The predicted octanol–water partition coefficient (Wildman–Crippen LogP) is 6.01. The Morgan fingerprint density at radius 1 is 1.08 bits per heavy atom. The molecule has 0 unspecified atom stereocenters. The molecule has 1 aromatic carbocycles. The van der Waals surface area contributed by atoms with Crippen molar-refractivity contribution in [1.82, 2.24) is 0 Å². The summed E-state index contributed by atoms with van der Waals surface area (Å²) >= 11 is 1.75. The van der Waals surface area contributed by atoms with Crippen LogP contribution in [0.3, 0.4) is 0 Å². The number of carbonyl (C=O) groups excluding carboxylic acids is 1. The summed E-state index contributed by atoms with van der Waals surface area (Å²) in [5, 5.41) is 1.11. The van der Waals surface area contributed by atoms with E-state index in [-0.39, 0.29) is 16.7 Å². The van der Waals surface area contributed by atoms with Crippen LogP contribution >= 0.6 is 11.3 Å². The fourth-order valence-corrected chi connectivity index (χ4v) is 5.13. The zero-order chi connectivity index (χ0) is 19.1. The summed E-state index contributed by atoms with van der Waals surface area (Å²) in [4.78, 5) is 16.8. The second-order valence-electron chi connectivity index (χ2n) is 8.78. The molecule has 0 radical (unpaired) electrons. The van der Waals surface area contributed by atoms with Gasteiger partial charge in [-0.2, -0.15) is 0 Å². The van der Waals surface area contributed by atoms with Crippen molar-refractivity contribution in [2.45, 2.75) is 54.4 Å². The maximum Gasteiger partial charge on any atom is 0.231 e. The number of amides is 1. The van der Waals surface area contributed by atoms with E-state index in [9.17, 15) is 4.79 Å². The van der Waals surface area contributed by atoms with Crippen molar-refractivity contribution in [3.63, 3.8) is 0 Å². The second kappa shape index (κ2) is 6.84. The summed E-state index contributed by atoms with van der Waals surface area (Å²) in [5.41, 5.74) is 2.76. The number of thiophene rings is 1. The van der Waals surface area contributed by atoms with E-state index in [1.807, 2.05) is 6.07 Å². The average Bonchev–Trinajstić information content (AvgIpc) is 2.81. The number of aryl methyl sites for hydroxylation is 3. The van der Waals surface area contributed by atoms with Crippen molar-refractivity contribution in [1.29, 1.82) is 0 Å². The highest BCUT2D eigenvalue weighted by Gasteiger charge is 2.68. The molecule has 26 heavy (non-hydrogen) atoms. The van der Waals surface area contributed by atoms with Crippen molar-refractivity contribution in [3.05, 3.63) is 52.4 Å². The Kier molecular flexibility index (Phi) is 5.04. The van der Waals surface area contributed by atoms with Crippen LogP contribution in [0.25, 0.3) is 0 Å². The maximum atomic E-state index is 13.4. The lowest BCUT2D eigenvalue weighted by Crippen LogP contribution is -2.34. The fraction of sp³-hybridized carbons (Fsp3) is 0.522. The standard InChI is InChI=1S/C23H31NOS/c1-16-15-19(26-17(16)2)24(14-10-13-18-11-8-7-9-12-18)21(25)20-22(3,4)23(20,5)6/h7-9,11-12,15,20H,10,13-14H2,1-6H3. The van der Waals surface area contributed by atoms with Crippen molar-refractivity contribution < 1.29 is 4.79 Å². The van der Waals surface area contributed by atoms with Crippen LogP contribution in [0.15, 0.2) is 36.4 Å². The lowest BCUT2D eigenvalue weighted by Gasteiger charge is -2.22. The molecule has 2 aromatic rings. The predicted molar refractivity (Wildman–Crippen MR) is 112 cm³/mol. The molecule has 1 amide bonds. The van der Waals surface area contributed by atoms with Gasteiger partial charge in [0.05, 0.1) is 5.00 Å². The normalized spacial score (nSPS) is 17.9. The van der Waals surface area contributed by atoms with Gasteiger partial charge in [-0.15, -0.1) is 11.3 Å². The highest BCUT2D eigenvalue weighted by Crippen LogP contribution is 2.69. The third-order valence-electron chi connectivity index (χ3n) is 6.64. The number of benzene rings is 1. The van der Waals surface area contributed by atoms with Crippen molar-refractivity contribution >= 4 is 22.2 Å². The summed E-state index contributed by atoms with van der Waals surface area (Å²) in [6.07, 6.45) is 1.99. The van der Waals surface area contributed by atoms with Gasteiger partial charge in [-0.1, -0.05) is 58.0 Å². The first-order valence-corrected chi connectivity index (χ1v) is 10.4. The van der Waals surface area contributed by atoms with Gasteiger partial charge in [-0.25, -0.2) is 0 Å².